The molecular weight excluding hydrogens is 479 g/mol. The highest BCUT2D eigenvalue weighted by atomic mass is 32.1. The van der Waals surface area contributed by atoms with Gasteiger partial charge in [-0.3, -0.25) is 4.79 Å². The first-order valence-electron chi connectivity index (χ1n) is 11.2. The summed E-state index contributed by atoms with van der Waals surface area (Å²) in [5, 5.41) is 3.70. The van der Waals surface area contributed by atoms with Crippen LogP contribution in [0.4, 0.5) is 10.2 Å². The number of amides is 1. The van der Waals surface area contributed by atoms with Crippen LogP contribution in [0.25, 0.3) is 21.8 Å². The third-order valence-corrected chi connectivity index (χ3v) is 6.78. The molecule has 0 aliphatic carbocycles. The third kappa shape index (κ3) is 4.32. The van der Waals surface area contributed by atoms with Gasteiger partial charge >= 0.3 is 0 Å². The van der Waals surface area contributed by atoms with E-state index in [1.54, 1.807) is 24.7 Å². The quantitative estimate of drug-likeness (QED) is 0.318. The fourth-order valence-electron chi connectivity index (χ4n) is 3.94. The van der Waals surface area contributed by atoms with Gasteiger partial charge in [0.25, 0.3) is 5.91 Å². The minimum atomic E-state index is -0.339. The number of benzene rings is 3. The lowest BCUT2D eigenvalue weighted by Gasteiger charge is -2.11. The van der Waals surface area contributed by atoms with Crippen molar-refractivity contribution >= 4 is 23.1 Å². The van der Waals surface area contributed by atoms with Gasteiger partial charge in [0.1, 0.15) is 27.2 Å². The van der Waals surface area contributed by atoms with Crippen molar-refractivity contribution < 1.29 is 18.7 Å². The minimum Gasteiger partial charge on any atom is -0.454 e. The number of imidazole rings is 1. The highest BCUT2D eigenvalue weighted by Gasteiger charge is 2.20. The number of carbonyl (C=O) groups is 1. The topological polar surface area (TPSA) is 78.3 Å². The number of nitrogens with one attached hydrogen (secondary N) is 1. The molecule has 0 unspecified atom stereocenters. The third-order valence-electron chi connectivity index (χ3n) is 5.73. The molecule has 3 aromatic carbocycles. The maximum atomic E-state index is 13.5. The first kappa shape index (κ1) is 22.0. The summed E-state index contributed by atoms with van der Waals surface area (Å²) >= 11 is 1.28. The van der Waals surface area contributed by atoms with Crippen molar-refractivity contribution in [2.45, 2.75) is 6.54 Å². The lowest BCUT2D eigenvalue weighted by molar-refractivity contribution is 0.102. The number of hydrogen-bond acceptors (Lipinski definition) is 6. The number of thiazole rings is 1. The van der Waals surface area contributed by atoms with Crippen molar-refractivity contribution in [1.82, 2.24) is 14.5 Å². The van der Waals surface area contributed by atoms with Crippen molar-refractivity contribution in [3.63, 3.8) is 0 Å². The Balaban J connectivity index is 1.30. The van der Waals surface area contributed by atoms with Crippen molar-refractivity contribution in [3.05, 3.63) is 102 Å². The van der Waals surface area contributed by atoms with Gasteiger partial charge in [0.05, 0.1) is 19.1 Å². The SMILES string of the molecule is O=C(Nc1c(-c2ccc(F)cc2)ncn1Cc1ccccc1)c1cnc(-c2ccc3c(c2)OCO3)s1. The summed E-state index contributed by atoms with van der Waals surface area (Å²) in [4.78, 5) is 22.7. The van der Waals surface area contributed by atoms with Crippen molar-refractivity contribution in [1.29, 1.82) is 0 Å². The van der Waals surface area contributed by atoms with Gasteiger partial charge in [-0.05, 0) is 48.0 Å². The van der Waals surface area contributed by atoms with Crippen LogP contribution in [-0.4, -0.2) is 27.2 Å². The average molecular weight is 499 g/mol. The predicted molar refractivity (Wildman–Crippen MR) is 135 cm³/mol. The molecule has 0 saturated heterocycles. The lowest BCUT2D eigenvalue weighted by Crippen LogP contribution is -2.15. The number of fused-ring (bicyclic) bond motifs is 1. The van der Waals surface area contributed by atoms with Gasteiger partial charge in [-0.1, -0.05) is 30.3 Å². The van der Waals surface area contributed by atoms with Crippen LogP contribution in [0.1, 0.15) is 15.2 Å². The van der Waals surface area contributed by atoms with Crippen LogP contribution >= 0.6 is 11.3 Å². The molecule has 0 atom stereocenters. The van der Waals surface area contributed by atoms with E-state index < -0.39 is 0 Å². The minimum absolute atomic E-state index is 0.192. The summed E-state index contributed by atoms with van der Waals surface area (Å²) in [5.74, 6) is 1.22. The van der Waals surface area contributed by atoms with E-state index >= 15 is 0 Å². The standard InChI is InChI=1S/C27H19FN4O3S/c28-20-9-6-18(7-10-20)24-25(32(15-30-24)14-17-4-2-1-3-5-17)31-26(33)23-13-29-27(36-23)19-8-11-21-22(12-19)35-16-34-21/h1-13,15H,14,16H2,(H,31,33). The maximum Gasteiger partial charge on any atom is 0.268 e. The Bertz CT molecular complexity index is 1550. The van der Waals surface area contributed by atoms with Crippen LogP contribution in [0.2, 0.25) is 0 Å². The van der Waals surface area contributed by atoms with Gasteiger partial charge in [-0.2, -0.15) is 0 Å². The summed E-state index contributed by atoms with van der Waals surface area (Å²) in [7, 11) is 0. The number of halogens is 1. The molecule has 6 rings (SSSR count). The number of aromatic nitrogens is 3. The Morgan fingerprint density at radius 3 is 2.58 bits per heavy atom. The Morgan fingerprint density at radius 2 is 1.75 bits per heavy atom. The zero-order valence-electron chi connectivity index (χ0n) is 18.8. The summed E-state index contributed by atoms with van der Waals surface area (Å²) in [6, 6.07) is 21.5. The molecule has 5 aromatic rings. The van der Waals surface area contributed by atoms with Gasteiger partial charge in [0, 0.05) is 11.1 Å². The Kier molecular flexibility index (Phi) is 5.67. The Morgan fingerprint density at radius 1 is 0.972 bits per heavy atom. The van der Waals surface area contributed by atoms with Crippen LogP contribution in [0, 0.1) is 5.82 Å². The smallest absolute Gasteiger partial charge is 0.268 e. The first-order chi connectivity index (χ1) is 17.6. The molecule has 36 heavy (non-hydrogen) atoms. The zero-order valence-corrected chi connectivity index (χ0v) is 19.7. The van der Waals surface area contributed by atoms with E-state index in [1.807, 2.05) is 53.1 Å². The maximum absolute atomic E-state index is 13.5. The number of hydrogen-bond donors (Lipinski definition) is 1. The summed E-state index contributed by atoms with van der Waals surface area (Å²) < 4.78 is 26.2. The molecule has 1 amide bonds. The molecule has 9 heteroatoms. The van der Waals surface area contributed by atoms with E-state index in [4.69, 9.17) is 9.47 Å². The number of nitrogens with zero attached hydrogens (tertiary/aromatic N) is 3. The Hall–Kier alpha value is -4.50. The Labute approximate surface area is 209 Å². The van der Waals surface area contributed by atoms with Crippen molar-refractivity contribution in [3.8, 4) is 33.3 Å². The molecule has 0 bridgehead atoms. The summed E-state index contributed by atoms with van der Waals surface area (Å²) in [6.45, 7) is 0.702. The number of anilines is 1. The van der Waals surface area contributed by atoms with Gasteiger partial charge < -0.3 is 19.4 Å². The fourth-order valence-corrected chi connectivity index (χ4v) is 4.75. The van der Waals surface area contributed by atoms with Gasteiger partial charge in [-0.15, -0.1) is 11.3 Å². The van der Waals surface area contributed by atoms with Gasteiger partial charge in [-0.25, -0.2) is 14.4 Å². The van der Waals surface area contributed by atoms with Crippen LogP contribution in [0.5, 0.6) is 11.5 Å². The van der Waals surface area contributed by atoms with E-state index in [-0.39, 0.29) is 18.5 Å². The number of ether oxygens (including phenoxy) is 2. The highest BCUT2D eigenvalue weighted by Crippen LogP contribution is 2.37. The van der Waals surface area contributed by atoms with E-state index in [2.05, 4.69) is 15.3 Å². The molecule has 0 radical (unpaired) electrons. The molecule has 2 aromatic heterocycles. The van der Waals surface area contributed by atoms with Crippen LogP contribution in [0.3, 0.4) is 0 Å². The second-order valence-electron chi connectivity index (χ2n) is 8.11. The lowest BCUT2D eigenvalue weighted by atomic mass is 10.1. The fraction of sp³-hybridized carbons (Fsp3) is 0.0741. The average Bonchev–Trinajstić information content (AvgIpc) is 3.65. The second-order valence-corrected chi connectivity index (χ2v) is 9.14. The molecule has 1 aliphatic rings. The van der Waals surface area contributed by atoms with E-state index in [9.17, 15) is 9.18 Å². The monoisotopic (exact) mass is 498 g/mol. The molecule has 0 spiro atoms. The molecule has 3 heterocycles. The zero-order chi connectivity index (χ0) is 24.5. The number of carbonyl (C=O) groups excluding carboxylic acids is 1. The summed E-state index contributed by atoms with van der Waals surface area (Å²) in [5.41, 5.74) is 3.15. The number of rotatable bonds is 6. The van der Waals surface area contributed by atoms with Crippen molar-refractivity contribution in [2.24, 2.45) is 0 Å². The molecule has 0 fully saturated rings. The highest BCUT2D eigenvalue weighted by molar-refractivity contribution is 7.17. The largest absolute Gasteiger partial charge is 0.454 e. The van der Waals surface area contributed by atoms with Gasteiger partial charge in [0.15, 0.2) is 11.5 Å². The van der Waals surface area contributed by atoms with Crippen LogP contribution in [-0.2, 0) is 6.54 Å². The molecule has 1 N–H and O–H groups in total. The molecular formula is C27H19FN4O3S. The molecule has 1 aliphatic heterocycles. The normalized spacial score (nSPS) is 12.0. The van der Waals surface area contributed by atoms with E-state index in [0.29, 0.717) is 45.0 Å². The van der Waals surface area contributed by atoms with E-state index in [0.717, 1.165) is 11.1 Å². The van der Waals surface area contributed by atoms with E-state index in [1.165, 1.54) is 23.5 Å². The van der Waals surface area contributed by atoms with Crippen molar-refractivity contribution in [2.75, 3.05) is 12.1 Å². The van der Waals surface area contributed by atoms with Crippen LogP contribution < -0.4 is 14.8 Å². The molecule has 178 valence electrons. The first-order valence-corrected chi connectivity index (χ1v) is 12.0. The predicted octanol–water partition coefficient (Wildman–Crippen LogP) is 5.84. The summed E-state index contributed by atoms with van der Waals surface area (Å²) in [6.07, 6.45) is 3.22. The molecule has 0 saturated carbocycles. The molecule has 7 nitrogen and oxygen atoms in total. The second kappa shape index (κ2) is 9.27. The van der Waals surface area contributed by atoms with Crippen LogP contribution in [0.15, 0.2) is 85.3 Å². The van der Waals surface area contributed by atoms with Gasteiger partial charge in [0.2, 0.25) is 6.79 Å².